The van der Waals surface area contributed by atoms with Gasteiger partial charge < -0.3 is 5.73 Å². The number of aryl methyl sites for hydroxylation is 2. The number of nitrogens with two attached hydrogens (primary N) is 1. The predicted octanol–water partition coefficient (Wildman–Crippen LogP) is 5.63. The number of allylic oxidation sites excluding steroid dienone is 3. The minimum Gasteiger partial charge on any atom is -0.384 e. The summed E-state index contributed by atoms with van der Waals surface area (Å²) < 4.78 is 0. The van der Waals surface area contributed by atoms with Gasteiger partial charge in [-0.05, 0) is 62.9 Å². The molecule has 0 radical (unpaired) electrons. The highest BCUT2D eigenvalue weighted by Gasteiger charge is 2.41. The topological polar surface area (TPSA) is 70.1 Å². The Hall–Kier alpha value is -2.55. The fourth-order valence-electron chi connectivity index (χ4n) is 4.45. The maximum Gasteiger partial charge on any atom is 0.161 e. The van der Waals surface area contributed by atoms with E-state index in [1.165, 1.54) is 0 Å². The van der Waals surface area contributed by atoms with E-state index in [-0.39, 0.29) is 5.78 Å². The molecule has 2 aromatic rings. The predicted molar refractivity (Wildman–Crippen MR) is 118 cm³/mol. The number of thiophene rings is 1. The number of carbonyl (C=O) groups excluding carboxylic acids is 1. The van der Waals surface area contributed by atoms with Crippen molar-refractivity contribution in [2.75, 3.05) is 4.90 Å². The van der Waals surface area contributed by atoms with Gasteiger partial charge in [-0.15, -0.1) is 11.3 Å². The number of nitriles is 1. The molecule has 0 saturated heterocycles. The van der Waals surface area contributed by atoms with Gasteiger partial charge in [0.05, 0.1) is 23.2 Å². The number of halogens is 1. The van der Waals surface area contributed by atoms with Crippen LogP contribution in [0.1, 0.15) is 46.1 Å². The van der Waals surface area contributed by atoms with E-state index >= 15 is 0 Å². The molecule has 29 heavy (non-hydrogen) atoms. The zero-order chi connectivity index (χ0) is 20.9. The molecule has 2 N–H and O–H groups in total. The van der Waals surface area contributed by atoms with Crippen molar-refractivity contribution < 1.29 is 4.79 Å². The fourth-order valence-corrected chi connectivity index (χ4v) is 5.58. The maximum atomic E-state index is 13.1. The van der Waals surface area contributed by atoms with Crippen molar-refractivity contribution in [1.82, 2.24) is 0 Å². The SMILES string of the molecule is Cc1cc([C@H]2C(C#N)=C(N)N(c3cccc(Cl)c3C)C3=C2C(=O)CCC3)c(C)s1. The molecule has 1 atom stereocenters. The van der Waals surface area contributed by atoms with Crippen LogP contribution in [0.25, 0.3) is 0 Å². The van der Waals surface area contributed by atoms with Crippen molar-refractivity contribution in [3.8, 4) is 6.07 Å². The summed E-state index contributed by atoms with van der Waals surface area (Å²) in [5.41, 5.74) is 11.4. The summed E-state index contributed by atoms with van der Waals surface area (Å²) in [6, 6.07) is 10.0. The first-order valence-electron chi connectivity index (χ1n) is 9.63. The van der Waals surface area contributed by atoms with Crippen molar-refractivity contribution in [3.05, 3.63) is 72.8 Å². The van der Waals surface area contributed by atoms with E-state index in [1.807, 2.05) is 43.9 Å². The van der Waals surface area contributed by atoms with E-state index in [0.29, 0.717) is 28.4 Å². The first kappa shape index (κ1) is 19.8. The van der Waals surface area contributed by atoms with Crippen LogP contribution < -0.4 is 10.6 Å². The van der Waals surface area contributed by atoms with Gasteiger partial charge >= 0.3 is 0 Å². The molecule has 1 aromatic carbocycles. The molecule has 4 rings (SSSR count). The van der Waals surface area contributed by atoms with Gasteiger partial charge in [-0.2, -0.15) is 5.26 Å². The average molecular weight is 424 g/mol. The standard InChI is InChI=1S/C23H22ClN3OS/c1-12-10-15(14(3)29-12)21-16(11-25)23(26)27(18-7-4-6-17(24)13(18)2)19-8-5-9-20(28)22(19)21/h4,6-7,10,21H,5,8-9,26H2,1-3H3/t21-/m0/s1. The van der Waals surface area contributed by atoms with E-state index in [4.69, 9.17) is 17.3 Å². The Labute approximate surface area is 179 Å². The summed E-state index contributed by atoms with van der Waals surface area (Å²) in [6.07, 6.45) is 2.01. The van der Waals surface area contributed by atoms with Crippen LogP contribution in [0.3, 0.4) is 0 Å². The normalized spacial score (nSPS) is 19.5. The number of nitrogens with zero attached hydrogens (tertiary/aromatic N) is 2. The van der Waals surface area contributed by atoms with Crippen molar-refractivity contribution in [3.63, 3.8) is 0 Å². The first-order valence-corrected chi connectivity index (χ1v) is 10.8. The Morgan fingerprint density at radius 3 is 2.69 bits per heavy atom. The van der Waals surface area contributed by atoms with Crippen molar-refractivity contribution in [1.29, 1.82) is 5.26 Å². The molecule has 1 aliphatic carbocycles. The molecular formula is C23H22ClN3OS. The summed E-state index contributed by atoms with van der Waals surface area (Å²) in [5.74, 6) is 0.0903. The largest absolute Gasteiger partial charge is 0.384 e. The zero-order valence-electron chi connectivity index (χ0n) is 16.7. The van der Waals surface area contributed by atoms with E-state index < -0.39 is 5.92 Å². The molecule has 2 aliphatic rings. The number of anilines is 1. The smallest absolute Gasteiger partial charge is 0.161 e. The van der Waals surface area contributed by atoms with E-state index in [9.17, 15) is 10.1 Å². The third kappa shape index (κ3) is 3.08. The van der Waals surface area contributed by atoms with Crippen LogP contribution in [0.2, 0.25) is 5.02 Å². The minimum absolute atomic E-state index is 0.101. The molecule has 148 valence electrons. The van der Waals surface area contributed by atoms with Crippen molar-refractivity contribution >= 4 is 34.4 Å². The van der Waals surface area contributed by atoms with Crippen LogP contribution in [0.5, 0.6) is 0 Å². The maximum absolute atomic E-state index is 13.1. The first-order chi connectivity index (χ1) is 13.8. The summed E-state index contributed by atoms with van der Waals surface area (Å²) in [7, 11) is 0. The lowest BCUT2D eigenvalue weighted by molar-refractivity contribution is -0.116. The van der Waals surface area contributed by atoms with Crippen LogP contribution in [0.4, 0.5) is 5.69 Å². The Bertz CT molecular complexity index is 1140. The summed E-state index contributed by atoms with van der Waals surface area (Å²) in [5, 5.41) is 10.7. The van der Waals surface area contributed by atoms with Crippen LogP contribution in [-0.4, -0.2) is 5.78 Å². The van der Waals surface area contributed by atoms with Crippen molar-refractivity contribution in [2.45, 2.75) is 46.0 Å². The quantitative estimate of drug-likeness (QED) is 0.679. The summed E-state index contributed by atoms with van der Waals surface area (Å²) in [6.45, 7) is 6.02. The van der Waals surface area contributed by atoms with Gasteiger partial charge in [0.15, 0.2) is 5.78 Å². The molecular weight excluding hydrogens is 402 g/mol. The average Bonchev–Trinajstić information content (AvgIpc) is 3.01. The molecule has 1 aliphatic heterocycles. The Balaban J connectivity index is 2.02. The molecule has 1 aromatic heterocycles. The van der Waals surface area contributed by atoms with Gasteiger partial charge in [-0.1, -0.05) is 17.7 Å². The molecule has 0 spiro atoms. The Morgan fingerprint density at radius 2 is 2.03 bits per heavy atom. The number of hydrogen-bond acceptors (Lipinski definition) is 5. The van der Waals surface area contributed by atoms with E-state index in [2.05, 4.69) is 12.1 Å². The highest BCUT2D eigenvalue weighted by molar-refractivity contribution is 7.12. The van der Waals surface area contributed by atoms with E-state index in [0.717, 1.165) is 45.1 Å². The number of carbonyl (C=O) groups is 1. The Morgan fingerprint density at radius 1 is 1.28 bits per heavy atom. The summed E-state index contributed by atoms with van der Waals surface area (Å²) >= 11 is 8.05. The lowest BCUT2D eigenvalue weighted by atomic mass is 9.75. The van der Waals surface area contributed by atoms with Crippen LogP contribution in [0.15, 0.2) is 46.9 Å². The van der Waals surface area contributed by atoms with Crippen LogP contribution in [0, 0.1) is 32.1 Å². The van der Waals surface area contributed by atoms with Gasteiger partial charge in [-0.3, -0.25) is 9.69 Å². The number of hydrogen-bond donors (Lipinski definition) is 1. The molecule has 0 saturated carbocycles. The fraction of sp³-hybridized carbons (Fsp3) is 0.304. The molecule has 0 amide bonds. The second-order valence-electron chi connectivity index (χ2n) is 7.57. The van der Waals surface area contributed by atoms with Crippen LogP contribution in [-0.2, 0) is 4.79 Å². The van der Waals surface area contributed by atoms with Crippen LogP contribution >= 0.6 is 22.9 Å². The minimum atomic E-state index is -0.400. The molecule has 0 unspecified atom stereocenters. The molecule has 2 heterocycles. The second-order valence-corrected chi connectivity index (χ2v) is 9.44. The molecule has 6 heteroatoms. The zero-order valence-corrected chi connectivity index (χ0v) is 18.2. The number of benzene rings is 1. The number of ketones is 1. The van der Waals surface area contributed by atoms with Gasteiger partial charge in [0, 0.05) is 32.5 Å². The Kier molecular flexibility index (Phi) is 5.02. The van der Waals surface area contributed by atoms with Gasteiger partial charge in [0.25, 0.3) is 0 Å². The van der Waals surface area contributed by atoms with Crippen molar-refractivity contribution in [2.24, 2.45) is 5.73 Å². The lowest BCUT2D eigenvalue weighted by Crippen LogP contribution is -2.39. The monoisotopic (exact) mass is 423 g/mol. The molecule has 0 fully saturated rings. The highest BCUT2D eigenvalue weighted by atomic mass is 35.5. The summed E-state index contributed by atoms with van der Waals surface area (Å²) in [4.78, 5) is 17.3. The van der Waals surface area contributed by atoms with Gasteiger partial charge in [0.2, 0.25) is 0 Å². The number of Topliss-reactive ketones (excluding diaryl/α,β-unsaturated/α-hetero) is 1. The third-order valence-electron chi connectivity index (χ3n) is 5.78. The second kappa shape index (κ2) is 7.37. The number of rotatable bonds is 2. The van der Waals surface area contributed by atoms with E-state index in [1.54, 1.807) is 11.3 Å². The third-order valence-corrected chi connectivity index (χ3v) is 7.17. The van der Waals surface area contributed by atoms with Gasteiger partial charge in [0.1, 0.15) is 5.82 Å². The van der Waals surface area contributed by atoms with Gasteiger partial charge in [-0.25, -0.2) is 0 Å². The lowest BCUT2D eigenvalue weighted by Gasteiger charge is -2.40. The highest BCUT2D eigenvalue weighted by Crippen LogP contribution is 2.48. The molecule has 0 bridgehead atoms. The molecule has 4 nitrogen and oxygen atoms in total.